The molecule has 3 rings (SSSR count). The van der Waals surface area contributed by atoms with Crippen LogP contribution in [0, 0.1) is 5.82 Å². The standard InChI is InChI=1S/C15H10ClFO2/c16-11-6-4-9(5-7-11)14(18)13-8-10-2-1-3-12(17)15(10)19-13/h1-8,14,18H. The summed E-state index contributed by atoms with van der Waals surface area (Å²) in [6.45, 7) is 0. The first-order chi connectivity index (χ1) is 9.15. The number of aliphatic hydroxyl groups excluding tert-OH is 1. The van der Waals surface area contributed by atoms with Gasteiger partial charge >= 0.3 is 0 Å². The Labute approximate surface area is 114 Å². The highest BCUT2D eigenvalue weighted by molar-refractivity contribution is 6.30. The molecule has 0 radical (unpaired) electrons. The molecule has 0 aliphatic rings. The lowest BCUT2D eigenvalue weighted by atomic mass is 10.1. The summed E-state index contributed by atoms with van der Waals surface area (Å²) in [5, 5.41) is 11.4. The maximum absolute atomic E-state index is 13.5. The van der Waals surface area contributed by atoms with Gasteiger partial charge in [-0.2, -0.15) is 0 Å². The molecule has 0 fully saturated rings. The fraction of sp³-hybridized carbons (Fsp3) is 0.0667. The molecular formula is C15H10ClFO2. The normalized spacial score (nSPS) is 12.8. The topological polar surface area (TPSA) is 33.4 Å². The van der Waals surface area contributed by atoms with Gasteiger partial charge in [0.25, 0.3) is 0 Å². The fourth-order valence-corrected chi connectivity index (χ4v) is 2.12. The zero-order valence-corrected chi connectivity index (χ0v) is 10.6. The fourth-order valence-electron chi connectivity index (χ4n) is 1.99. The van der Waals surface area contributed by atoms with Crippen LogP contribution in [0.2, 0.25) is 5.02 Å². The van der Waals surface area contributed by atoms with Crippen molar-refractivity contribution in [2.75, 3.05) is 0 Å². The second-order valence-electron chi connectivity index (χ2n) is 4.26. The molecule has 0 bridgehead atoms. The summed E-state index contributed by atoms with van der Waals surface area (Å²) < 4.78 is 18.9. The first kappa shape index (κ1) is 12.2. The number of halogens is 2. The third kappa shape index (κ3) is 2.23. The molecule has 0 aliphatic carbocycles. The molecule has 0 aliphatic heterocycles. The van der Waals surface area contributed by atoms with E-state index in [0.717, 1.165) is 0 Å². The van der Waals surface area contributed by atoms with E-state index in [2.05, 4.69) is 0 Å². The quantitative estimate of drug-likeness (QED) is 0.757. The Morgan fingerprint density at radius 2 is 1.84 bits per heavy atom. The SMILES string of the molecule is OC(c1ccc(Cl)cc1)c1cc2cccc(F)c2o1. The van der Waals surface area contributed by atoms with Crippen LogP contribution in [0.4, 0.5) is 4.39 Å². The molecular weight excluding hydrogens is 267 g/mol. The van der Waals surface area contributed by atoms with Crippen LogP contribution in [0.1, 0.15) is 17.4 Å². The molecule has 2 aromatic carbocycles. The molecule has 96 valence electrons. The minimum atomic E-state index is -0.941. The summed E-state index contributed by atoms with van der Waals surface area (Å²) >= 11 is 5.79. The Morgan fingerprint density at radius 3 is 2.53 bits per heavy atom. The van der Waals surface area contributed by atoms with Crippen LogP contribution in [0.3, 0.4) is 0 Å². The number of benzene rings is 2. The molecule has 1 aromatic heterocycles. The maximum atomic E-state index is 13.5. The zero-order chi connectivity index (χ0) is 13.4. The molecule has 0 saturated heterocycles. The van der Waals surface area contributed by atoms with Crippen molar-refractivity contribution in [3.8, 4) is 0 Å². The van der Waals surface area contributed by atoms with Crippen LogP contribution in [0.15, 0.2) is 52.9 Å². The number of aliphatic hydroxyl groups is 1. The number of para-hydroxylation sites is 1. The lowest BCUT2D eigenvalue weighted by molar-refractivity contribution is 0.192. The average molecular weight is 277 g/mol. The van der Waals surface area contributed by atoms with Gasteiger partial charge in [0, 0.05) is 10.4 Å². The predicted octanol–water partition coefficient (Wildman–Crippen LogP) is 4.31. The van der Waals surface area contributed by atoms with E-state index in [0.29, 0.717) is 21.7 Å². The highest BCUT2D eigenvalue weighted by atomic mass is 35.5. The molecule has 3 aromatic rings. The third-order valence-corrected chi connectivity index (χ3v) is 3.22. The van der Waals surface area contributed by atoms with Crippen molar-refractivity contribution in [3.05, 3.63) is 70.7 Å². The molecule has 4 heteroatoms. The van der Waals surface area contributed by atoms with Gasteiger partial charge in [0.15, 0.2) is 11.4 Å². The number of hydrogen-bond donors (Lipinski definition) is 1. The van der Waals surface area contributed by atoms with Gasteiger partial charge in [-0.15, -0.1) is 0 Å². The van der Waals surface area contributed by atoms with E-state index in [-0.39, 0.29) is 5.58 Å². The van der Waals surface area contributed by atoms with Gasteiger partial charge in [-0.1, -0.05) is 35.9 Å². The molecule has 0 amide bonds. The smallest absolute Gasteiger partial charge is 0.170 e. The van der Waals surface area contributed by atoms with Gasteiger partial charge in [-0.05, 0) is 29.8 Å². The van der Waals surface area contributed by atoms with E-state index >= 15 is 0 Å². The Morgan fingerprint density at radius 1 is 1.11 bits per heavy atom. The second kappa shape index (κ2) is 4.68. The summed E-state index contributed by atoms with van der Waals surface area (Å²) in [7, 11) is 0. The summed E-state index contributed by atoms with van der Waals surface area (Å²) in [5.41, 5.74) is 0.800. The average Bonchev–Trinajstić information content (AvgIpc) is 2.84. The molecule has 1 heterocycles. The van der Waals surface area contributed by atoms with Crippen molar-refractivity contribution < 1.29 is 13.9 Å². The van der Waals surface area contributed by atoms with E-state index < -0.39 is 11.9 Å². The van der Waals surface area contributed by atoms with Crippen LogP contribution in [-0.2, 0) is 0 Å². The Bertz CT molecular complexity index is 719. The monoisotopic (exact) mass is 276 g/mol. The largest absolute Gasteiger partial charge is 0.455 e. The van der Waals surface area contributed by atoms with Crippen LogP contribution < -0.4 is 0 Å². The van der Waals surface area contributed by atoms with E-state index in [4.69, 9.17) is 16.0 Å². The third-order valence-electron chi connectivity index (χ3n) is 2.97. The number of furan rings is 1. The zero-order valence-electron chi connectivity index (χ0n) is 9.81. The van der Waals surface area contributed by atoms with Gasteiger partial charge in [-0.25, -0.2) is 4.39 Å². The summed E-state index contributed by atoms with van der Waals surface area (Å²) in [6.07, 6.45) is -0.941. The number of hydrogen-bond acceptors (Lipinski definition) is 2. The van der Waals surface area contributed by atoms with Crippen LogP contribution in [-0.4, -0.2) is 5.11 Å². The Balaban J connectivity index is 2.04. The molecule has 1 N–H and O–H groups in total. The van der Waals surface area contributed by atoms with Crippen LogP contribution in [0.5, 0.6) is 0 Å². The van der Waals surface area contributed by atoms with Crippen molar-refractivity contribution in [1.82, 2.24) is 0 Å². The van der Waals surface area contributed by atoms with Gasteiger partial charge < -0.3 is 9.52 Å². The molecule has 1 atom stereocenters. The van der Waals surface area contributed by atoms with Crippen molar-refractivity contribution in [3.63, 3.8) is 0 Å². The first-order valence-corrected chi connectivity index (χ1v) is 6.14. The second-order valence-corrected chi connectivity index (χ2v) is 4.70. The summed E-state index contributed by atoms with van der Waals surface area (Å²) in [6, 6.07) is 13.1. The van der Waals surface area contributed by atoms with Gasteiger partial charge in [0.05, 0.1) is 0 Å². The lowest BCUT2D eigenvalue weighted by Crippen LogP contribution is -1.97. The van der Waals surface area contributed by atoms with Crippen molar-refractivity contribution in [1.29, 1.82) is 0 Å². The van der Waals surface area contributed by atoms with E-state index in [1.807, 2.05) is 0 Å². The summed E-state index contributed by atoms with van der Waals surface area (Å²) in [5.74, 6) is -0.130. The first-order valence-electron chi connectivity index (χ1n) is 5.76. The highest BCUT2D eigenvalue weighted by Crippen LogP contribution is 2.29. The minimum absolute atomic E-state index is 0.158. The van der Waals surface area contributed by atoms with Gasteiger partial charge in [0.2, 0.25) is 0 Å². The molecule has 1 unspecified atom stereocenters. The lowest BCUT2D eigenvalue weighted by Gasteiger charge is -2.07. The molecule has 0 spiro atoms. The van der Waals surface area contributed by atoms with E-state index in [1.54, 1.807) is 42.5 Å². The van der Waals surface area contributed by atoms with Crippen molar-refractivity contribution >= 4 is 22.6 Å². The van der Waals surface area contributed by atoms with Crippen molar-refractivity contribution in [2.45, 2.75) is 6.10 Å². The maximum Gasteiger partial charge on any atom is 0.170 e. The molecule has 2 nitrogen and oxygen atoms in total. The highest BCUT2D eigenvalue weighted by Gasteiger charge is 2.16. The number of rotatable bonds is 2. The Kier molecular flexibility index (Phi) is 3.01. The van der Waals surface area contributed by atoms with Gasteiger partial charge in [0.1, 0.15) is 11.9 Å². The Hall–Kier alpha value is -1.84. The van der Waals surface area contributed by atoms with Gasteiger partial charge in [-0.3, -0.25) is 0 Å². The van der Waals surface area contributed by atoms with Crippen LogP contribution in [0.25, 0.3) is 11.0 Å². The molecule has 0 saturated carbocycles. The predicted molar refractivity (Wildman–Crippen MR) is 71.7 cm³/mol. The van der Waals surface area contributed by atoms with E-state index in [9.17, 15) is 9.50 Å². The van der Waals surface area contributed by atoms with Crippen molar-refractivity contribution in [2.24, 2.45) is 0 Å². The summed E-state index contributed by atoms with van der Waals surface area (Å²) in [4.78, 5) is 0. The molecule has 19 heavy (non-hydrogen) atoms. The van der Waals surface area contributed by atoms with Crippen LogP contribution >= 0.6 is 11.6 Å². The minimum Gasteiger partial charge on any atom is -0.455 e. The number of fused-ring (bicyclic) bond motifs is 1. The van der Waals surface area contributed by atoms with E-state index in [1.165, 1.54) is 6.07 Å².